The van der Waals surface area contributed by atoms with E-state index in [1.165, 1.54) is 38.3 Å². The molecule has 0 radical (unpaired) electrons. The van der Waals surface area contributed by atoms with Crippen LogP contribution in [-0.4, -0.2) is 17.3 Å². The Kier molecular flexibility index (Phi) is 9.06. The fourth-order valence-corrected chi connectivity index (χ4v) is 3.90. The third-order valence-corrected chi connectivity index (χ3v) is 5.78. The molecule has 0 bridgehead atoms. The van der Waals surface area contributed by atoms with Crippen LogP contribution in [0.5, 0.6) is 0 Å². The summed E-state index contributed by atoms with van der Waals surface area (Å²) in [5.41, 5.74) is 21.7. The zero-order valence-electron chi connectivity index (χ0n) is 18.3. The van der Waals surface area contributed by atoms with Gasteiger partial charge < -0.3 is 17.2 Å². The molecule has 0 spiro atoms. The van der Waals surface area contributed by atoms with Gasteiger partial charge in [0.15, 0.2) is 5.78 Å². The minimum Gasteiger partial charge on any atom is -0.397 e. The van der Waals surface area contributed by atoms with Crippen molar-refractivity contribution >= 4 is 22.9 Å². The van der Waals surface area contributed by atoms with E-state index in [1.54, 1.807) is 12.1 Å². The molecular formula is C25H36N4O. The molecule has 30 heavy (non-hydrogen) atoms. The highest BCUT2D eigenvalue weighted by atomic mass is 16.1. The summed E-state index contributed by atoms with van der Waals surface area (Å²) in [6.07, 6.45) is 14.4. The first kappa shape index (κ1) is 23.6. The summed E-state index contributed by atoms with van der Waals surface area (Å²) in [6, 6.07) is 1.69. The molecule has 0 atom stereocenters. The molecule has 6 N–H and O–H groups in total. The first-order valence-electron chi connectivity index (χ1n) is 10.8. The van der Waals surface area contributed by atoms with Crippen LogP contribution in [-0.2, 0) is 4.79 Å². The van der Waals surface area contributed by atoms with Crippen molar-refractivity contribution in [2.24, 2.45) is 11.7 Å². The third-order valence-electron chi connectivity index (χ3n) is 5.78. The number of carbonyl (C=O) groups is 1. The first-order valence-corrected chi connectivity index (χ1v) is 10.8. The Balaban J connectivity index is 2.12. The highest BCUT2D eigenvalue weighted by Crippen LogP contribution is 2.30. The van der Waals surface area contributed by atoms with Gasteiger partial charge in [-0.25, -0.2) is 4.98 Å². The molecule has 0 aliphatic heterocycles. The molecule has 0 saturated heterocycles. The summed E-state index contributed by atoms with van der Waals surface area (Å²) in [6.45, 7) is 10.5. The topological polar surface area (TPSA) is 108 Å². The van der Waals surface area contributed by atoms with Gasteiger partial charge in [-0.15, -0.1) is 0 Å². The maximum atomic E-state index is 12.7. The summed E-state index contributed by atoms with van der Waals surface area (Å²) >= 11 is 0. The zero-order valence-corrected chi connectivity index (χ0v) is 18.3. The monoisotopic (exact) mass is 408 g/mol. The Labute approximate surface area is 180 Å². The molecule has 1 aromatic rings. The number of hydrogen-bond acceptors (Lipinski definition) is 5. The fraction of sp³-hybridized carbons (Fsp3) is 0.440. The lowest BCUT2D eigenvalue weighted by molar-refractivity contribution is -0.115. The lowest BCUT2D eigenvalue weighted by atomic mass is 9.85. The van der Waals surface area contributed by atoms with Crippen LogP contribution in [0, 0.1) is 5.92 Å². The Morgan fingerprint density at radius 1 is 1.20 bits per heavy atom. The number of aromatic nitrogens is 1. The second kappa shape index (κ2) is 11.5. The second-order valence-corrected chi connectivity index (χ2v) is 8.31. The summed E-state index contributed by atoms with van der Waals surface area (Å²) in [7, 11) is 0. The number of hydrogen-bond donors (Lipinski definition) is 3. The Morgan fingerprint density at radius 2 is 1.90 bits per heavy atom. The van der Waals surface area contributed by atoms with Gasteiger partial charge in [-0.05, 0) is 42.6 Å². The molecule has 1 heterocycles. The average molecular weight is 409 g/mol. The SMILES string of the molecule is C=C(/C=C(\C=C(\C)CN)C(=C)c1cc(N)ncc1N)C(=O)CCCC1CCCCC1. The van der Waals surface area contributed by atoms with Crippen LogP contribution in [0.2, 0.25) is 0 Å². The molecule has 2 rings (SSSR count). The van der Waals surface area contributed by atoms with Crippen molar-refractivity contribution in [1.82, 2.24) is 4.98 Å². The lowest BCUT2D eigenvalue weighted by Gasteiger charge is -2.21. The molecule has 1 aliphatic carbocycles. The number of anilines is 2. The molecule has 5 heteroatoms. The van der Waals surface area contributed by atoms with Gasteiger partial charge in [0.2, 0.25) is 0 Å². The third kappa shape index (κ3) is 6.99. The van der Waals surface area contributed by atoms with E-state index in [2.05, 4.69) is 18.1 Å². The van der Waals surface area contributed by atoms with Gasteiger partial charge >= 0.3 is 0 Å². The molecule has 1 aliphatic rings. The normalized spacial score (nSPS) is 15.8. The summed E-state index contributed by atoms with van der Waals surface area (Å²) in [5, 5.41) is 0. The van der Waals surface area contributed by atoms with E-state index in [1.807, 2.05) is 13.0 Å². The van der Waals surface area contributed by atoms with Gasteiger partial charge in [-0.1, -0.05) is 63.3 Å². The summed E-state index contributed by atoms with van der Waals surface area (Å²) in [4.78, 5) is 16.7. The van der Waals surface area contributed by atoms with Crippen molar-refractivity contribution in [3.05, 3.63) is 59.9 Å². The predicted molar refractivity (Wildman–Crippen MR) is 128 cm³/mol. The van der Waals surface area contributed by atoms with Gasteiger partial charge in [0.25, 0.3) is 0 Å². The smallest absolute Gasteiger partial charge is 0.162 e. The molecule has 1 saturated carbocycles. The number of Topliss-reactive ketones (excluding diaryl/α,β-unsaturated/α-hetero) is 1. The maximum Gasteiger partial charge on any atom is 0.162 e. The fourth-order valence-electron chi connectivity index (χ4n) is 3.90. The number of nitrogen functional groups attached to an aromatic ring is 2. The minimum absolute atomic E-state index is 0.0668. The number of nitrogens with two attached hydrogens (primary N) is 3. The van der Waals surface area contributed by atoms with Crippen LogP contribution in [0.1, 0.15) is 63.9 Å². The number of carbonyl (C=O) groups excluding carboxylic acids is 1. The van der Waals surface area contributed by atoms with Crippen molar-refractivity contribution in [3.63, 3.8) is 0 Å². The molecule has 1 fully saturated rings. The van der Waals surface area contributed by atoms with E-state index >= 15 is 0 Å². The number of nitrogens with zero attached hydrogens (tertiary/aromatic N) is 1. The van der Waals surface area contributed by atoms with Gasteiger partial charge in [-0.3, -0.25) is 4.79 Å². The molecule has 1 aromatic heterocycles. The first-order chi connectivity index (χ1) is 14.3. The lowest BCUT2D eigenvalue weighted by Crippen LogP contribution is -2.08. The van der Waals surface area contributed by atoms with E-state index < -0.39 is 0 Å². The van der Waals surface area contributed by atoms with E-state index in [9.17, 15) is 4.79 Å². The van der Waals surface area contributed by atoms with E-state index in [0.29, 0.717) is 41.2 Å². The molecule has 0 amide bonds. The minimum atomic E-state index is 0.0668. The van der Waals surface area contributed by atoms with Crippen LogP contribution >= 0.6 is 0 Å². The van der Waals surface area contributed by atoms with Crippen molar-refractivity contribution in [2.75, 3.05) is 18.0 Å². The molecule has 162 valence electrons. The Bertz CT molecular complexity index is 845. The second-order valence-electron chi connectivity index (χ2n) is 8.31. The highest BCUT2D eigenvalue weighted by Gasteiger charge is 2.15. The van der Waals surface area contributed by atoms with E-state index in [0.717, 1.165) is 29.9 Å². The van der Waals surface area contributed by atoms with Crippen LogP contribution in [0.25, 0.3) is 5.57 Å². The standard InChI is InChI=1S/C25H36N4O/c1-17(15-26)12-21(19(3)22-14-25(28)29-16-23(22)27)13-18(2)24(30)11-7-10-20-8-5-4-6-9-20/h12-14,16,20H,2-11,15,26-27H2,1H3,(H2,28,29)/b17-12-,21-13+. The van der Waals surface area contributed by atoms with Crippen molar-refractivity contribution in [2.45, 2.75) is 58.3 Å². The van der Waals surface area contributed by atoms with Crippen molar-refractivity contribution in [1.29, 1.82) is 0 Å². The number of allylic oxidation sites excluding steroid dienone is 5. The quantitative estimate of drug-likeness (QED) is 0.374. The van der Waals surface area contributed by atoms with E-state index in [-0.39, 0.29) is 5.78 Å². The van der Waals surface area contributed by atoms with Gasteiger partial charge in [-0.2, -0.15) is 0 Å². The van der Waals surface area contributed by atoms with E-state index in [4.69, 9.17) is 17.2 Å². The zero-order chi connectivity index (χ0) is 22.1. The number of pyridine rings is 1. The summed E-state index contributed by atoms with van der Waals surface area (Å²) in [5.74, 6) is 1.20. The molecular weight excluding hydrogens is 372 g/mol. The Hall–Kier alpha value is -2.66. The number of ketones is 1. The largest absolute Gasteiger partial charge is 0.397 e. The summed E-state index contributed by atoms with van der Waals surface area (Å²) < 4.78 is 0. The average Bonchev–Trinajstić information content (AvgIpc) is 2.74. The Morgan fingerprint density at radius 3 is 2.57 bits per heavy atom. The molecule has 0 unspecified atom stereocenters. The van der Waals surface area contributed by atoms with Crippen molar-refractivity contribution < 1.29 is 4.79 Å². The van der Waals surface area contributed by atoms with Gasteiger partial charge in [0, 0.05) is 24.1 Å². The highest BCUT2D eigenvalue weighted by molar-refractivity contribution is 5.99. The predicted octanol–water partition coefficient (Wildman–Crippen LogP) is 4.97. The van der Waals surface area contributed by atoms with Crippen LogP contribution in [0.15, 0.2) is 54.3 Å². The van der Waals surface area contributed by atoms with Gasteiger partial charge in [0.1, 0.15) is 5.82 Å². The molecule has 5 nitrogen and oxygen atoms in total. The van der Waals surface area contributed by atoms with Crippen LogP contribution < -0.4 is 17.2 Å². The van der Waals surface area contributed by atoms with Crippen LogP contribution in [0.4, 0.5) is 11.5 Å². The molecule has 0 aromatic carbocycles. The van der Waals surface area contributed by atoms with Crippen LogP contribution in [0.3, 0.4) is 0 Å². The van der Waals surface area contributed by atoms with Crippen molar-refractivity contribution in [3.8, 4) is 0 Å². The maximum absolute atomic E-state index is 12.7. The number of rotatable bonds is 10. The van der Waals surface area contributed by atoms with Gasteiger partial charge in [0.05, 0.1) is 11.9 Å².